The summed E-state index contributed by atoms with van der Waals surface area (Å²) in [6, 6.07) is 14.3. The summed E-state index contributed by atoms with van der Waals surface area (Å²) in [7, 11) is 0. The molecule has 0 fully saturated rings. The Morgan fingerprint density at radius 2 is 0.667 bits per heavy atom. The van der Waals surface area contributed by atoms with Crippen LogP contribution in [0, 0.1) is 0 Å². The van der Waals surface area contributed by atoms with Gasteiger partial charge in [-0.3, -0.25) is 0 Å². The van der Waals surface area contributed by atoms with Crippen LogP contribution >= 0.6 is 12.1 Å². The van der Waals surface area contributed by atoms with Crippen molar-refractivity contribution in [2.45, 2.75) is 78.0 Å². The van der Waals surface area contributed by atoms with Crippen LogP contribution in [0.4, 0.5) is 0 Å². The first-order valence-corrected chi connectivity index (χ1v) is 17.0. The Labute approximate surface area is 193 Å². The Bertz CT molecular complexity index is 999. The van der Waals surface area contributed by atoms with Crippen molar-refractivity contribution in [3.8, 4) is 0 Å². The minimum atomic E-state index is -1.81. The molecule has 0 aliphatic heterocycles. The highest BCUT2D eigenvalue weighted by molar-refractivity contribution is 8.20. The summed E-state index contributed by atoms with van der Waals surface area (Å²) >= 11 is 13.2. The Morgan fingerprint density at radius 3 is 0.833 bits per heavy atom. The second-order valence-electron chi connectivity index (χ2n) is 9.58. The molecule has 3 aromatic carbocycles. The molecule has 0 amide bonds. The van der Waals surface area contributed by atoms with E-state index >= 15 is 0 Å². The van der Waals surface area contributed by atoms with Crippen LogP contribution in [-0.4, -0.2) is 22.6 Å². The molecule has 0 N–H and O–H groups in total. The smallest absolute Gasteiger partial charge is 0.00197 e. The molecule has 3 aromatic rings. The number of hydrogen-bond acceptors (Lipinski definition) is 2. The predicted octanol–water partition coefficient (Wildman–Crippen LogP) is 7.84. The van der Waals surface area contributed by atoms with Crippen LogP contribution in [0.2, 0.25) is 0 Å². The van der Waals surface area contributed by atoms with Gasteiger partial charge in [-0.15, -0.1) is 0 Å². The third kappa shape index (κ3) is 3.57. The monoisotopic (exact) mass is 474 g/mol. The van der Waals surface area contributed by atoms with Gasteiger partial charge in [-0.05, 0) is 56.3 Å². The zero-order valence-electron chi connectivity index (χ0n) is 19.6. The van der Waals surface area contributed by atoms with Crippen molar-refractivity contribution in [3.05, 3.63) is 48.5 Å². The summed E-state index contributed by atoms with van der Waals surface area (Å²) in [5.74, 6) is 0. The fourth-order valence-electron chi connectivity index (χ4n) is 5.06. The average molecular weight is 475 g/mol. The number of hydrogen-bond donors (Lipinski definition) is 0. The largest absolute Gasteiger partial charge is 0.0920 e. The summed E-state index contributed by atoms with van der Waals surface area (Å²) in [6.45, 7) is 18.6. The highest BCUT2D eigenvalue weighted by Crippen LogP contribution is 2.60. The van der Waals surface area contributed by atoms with Gasteiger partial charge in [-0.2, -0.15) is 0 Å². The molecule has 0 aliphatic rings. The molecule has 0 saturated heterocycles. The second-order valence-corrected chi connectivity index (χ2v) is 21.1. The van der Waals surface area contributed by atoms with E-state index in [9.17, 15) is 0 Å². The van der Waals surface area contributed by atoms with E-state index in [1.54, 1.807) is 0 Å². The highest BCUT2D eigenvalue weighted by atomic mass is 32.4. The lowest BCUT2D eigenvalue weighted by atomic mass is 10.0. The summed E-state index contributed by atoms with van der Waals surface area (Å²) in [5.41, 5.74) is 1.85. The number of benzene rings is 3. The van der Waals surface area contributed by atoms with Gasteiger partial charge in [-0.1, -0.05) is 128 Å². The lowest BCUT2D eigenvalue weighted by molar-refractivity contribution is 1.02. The molecular formula is C26H36P2S2. The molecule has 0 saturated carbocycles. The molecule has 162 valence electrons. The van der Waals surface area contributed by atoms with Crippen LogP contribution in [0.3, 0.4) is 0 Å². The Morgan fingerprint density at radius 1 is 0.467 bits per heavy atom. The van der Waals surface area contributed by atoms with E-state index in [4.69, 9.17) is 23.6 Å². The van der Waals surface area contributed by atoms with Crippen molar-refractivity contribution in [2.24, 2.45) is 0 Å². The lowest BCUT2D eigenvalue weighted by Crippen LogP contribution is -2.27. The minimum absolute atomic E-state index is 0.461. The third-order valence-electron chi connectivity index (χ3n) is 6.64. The molecule has 0 nitrogen and oxygen atoms in total. The van der Waals surface area contributed by atoms with E-state index in [0.29, 0.717) is 22.6 Å². The first-order valence-electron chi connectivity index (χ1n) is 11.1. The Kier molecular flexibility index (Phi) is 7.07. The first-order chi connectivity index (χ1) is 14.0. The molecule has 0 heterocycles. The Hall–Kier alpha value is -0.520. The number of fused-ring (bicyclic) bond motifs is 2. The van der Waals surface area contributed by atoms with E-state index in [1.165, 1.54) is 32.2 Å². The maximum Gasteiger partial charge on any atom is 0.00197 e. The molecule has 0 bridgehead atoms. The molecule has 0 radical (unpaired) electrons. The normalized spacial score (nSPS) is 13.5. The van der Waals surface area contributed by atoms with Gasteiger partial charge in [0.25, 0.3) is 0 Å². The van der Waals surface area contributed by atoms with Crippen LogP contribution < -0.4 is 10.6 Å². The van der Waals surface area contributed by atoms with Gasteiger partial charge in [0.15, 0.2) is 0 Å². The van der Waals surface area contributed by atoms with Gasteiger partial charge >= 0.3 is 0 Å². The van der Waals surface area contributed by atoms with E-state index in [-0.39, 0.29) is 0 Å². The van der Waals surface area contributed by atoms with Gasteiger partial charge in [0, 0.05) is 10.6 Å². The summed E-state index contributed by atoms with van der Waals surface area (Å²) < 4.78 is 0. The first kappa shape index (κ1) is 24.1. The maximum absolute atomic E-state index is 6.61. The maximum atomic E-state index is 6.61. The van der Waals surface area contributed by atoms with Crippen molar-refractivity contribution in [1.82, 2.24) is 0 Å². The van der Waals surface area contributed by atoms with Crippen molar-refractivity contribution in [3.63, 3.8) is 0 Å². The van der Waals surface area contributed by atoms with Crippen LogP contribution in [-0.2, 0) is 23.6 Å². The molecule has 0 aliphatic carbocycles. The van der Waals surface area contributed by atoms with Gasteiger partial charge in [-0.25, -0.2) is 0 Å². The zero-order chi connectivity index (χ0) is 22.4. The SMILES string of the molecule is CC(C)P(=S)(c1c2ccccc2c(P(=S)(C(C)C)C(C)C)c2ccccc12)C(C)C. The zero-order valence-corrected chi connectivity index (χ0v) is 23.1. The van der Waals surface area contributed by atoms with Crippen molar-refractivity contribution >= 4 is 67.8 Å². The molecule has 0 unspecified atom stereocenters. The molecule has 0 atom stereocenters. The van der Waals surface area contributed by atoms with Crippen LogP contribution in [0.5, 0.6) is 0 Å². The third-order valence-corrected chi connectivity index (χ3v) is 21.3. The van der Waals surface area contributed by atoms with Crippen molar-refractivity contribution in [1.29, 1.82) is 0 Å². The standard InChI is InChI=1S/C26H36P2S2/c1-17(2)27(29,18(3)4)25-21-13-9-11-15-23(21)26(24-16-12-10-14-22(24)25)28(30,19(5)6)20(7)8/h9-20H,1-8H3. The molecule has 0 aromatic heterocycles. The van der Waals surface area contributed by atoms with Gasteiger partial charge in [0.1, 0.15) is 0 Å². The van der Waals surface area contributed by atoms with E-state index in [1.807, 2.05) is 0 Å². The average Bonchev–Trinajstić information content (AvgIpc) is 2.70. The van der Waals surface area contributed by atoms with Crippen molar-refractivity contribution in [2.75, 3.05) is 0 Å². The molecule has 30 heavy (non-hydrogen) atoms. The van der Waals surface area contributed by atoms with Crippen LogP contribution in [0.1, 0.15) is 55.4 Å². The topological polar surface area (TPSA) is 0 Å². The summed E-state index contributed by atoms with van der Waals surface area (Å²) in [6.07, 6.45) is 0. The minimum Gasteiger partial charge on any atom is -0.0920 e. The highest BCUT2D eigenvalue weighted by Gasteiger charge is 2.36. The molecular weight excluding hydrogens is 438 g/mol. The second kappa shape index (κ2) is 8.78. The molecule has 4 heteroatoms. The molecule has 3 rings (SSSR count). The van der Waals surface area contributed by atoms with E-state index < -0.39 is 12.1 Å². The lowest BCUT2D eigenvalue weighted by Gasteiger charge is -2.37. The summed E-state index contributed by atoms with van der Waals surface area (Å²) in [4.78, 5) is 0. The Balaban J connectivity index is 2.69. The van der Waals surface area contributed by atoms with Crippen LogP contribution in [0.25, 0.3) is 21.5 Å². The fourth-order valence-corrected chi connectivity index (χ4v) is 13.0. The summed E-state index contributed by atoms with van der Waals surface area (Å²) in [5, 5.41) is 8.29. The van der Waals surface area contributed by atoms with Crippen molar-refractivity contribution < 1.29 is 0 Å². The van der Waals surface area contributed by atoms with Gasteiger partial charge < -0.3 is 0 Å². The quantitative estimate of drug-likeness (QED) is 0.264. The van der Waals surface area contributed by atoms with Crippen LogP contribution in [0.15, 0.2) is 48.5 Å². The predicted molar refractivity (Wildman–Crippen MR) is 150 cm³/mol. The van der Waals surface area contributed by atoms with Gasteiger partial charge in [0.2, 0.25) is 0 Å². The molecule has 0 spiro atoms. The van der Waals surface area contributed by atoms with Gasteiger partial charge in [0.05, 0.1) is 0 Å². The number of rotatable bonds is 6. The van der Waals surface area contributed by atoms with E-state index in [0.717, 1.165) is 0 Å². The fraction of sp³-hybridized carbons (Fsp3) is 0.462. The van der Waals surface area contributed by atoms with E-state index in [2.05, 4.69) is 104 Å².